The van der Waals surface area contributed by atoms with Gasteiger partial charge in [0.15, 0.2) is 0 Å². The van der Waals surface area contributed by atoms with Gasteiger partial charge < -0.3 is 20.5 Å². The predicted octanol–water partition coefficient (Wildman–Crippen LogP) is 8.19. The molecule has 1 aliphatic rings. The maximum atomic E-state index is 12.1. The van der Waals surface area contributed by atoms with Crippen molar-refractivity contribution in [3.8, 4) is 18.2 Å². The number of imide groups is 1. The first kappa shape index (κ1) is 61.1. The van der Waals surface area contributed by atoms with Crippen LogP contribution in [-0.4, -0.2) is 73.2 Å². The van der Waals surface area contributed by atoms with Crippen molar-refractivity contribution in [1.82, 2.24) is 10.2 Å². The van der Waals surface area contributed by atoms with E-state index in [0.29, 0.717) is 37.2 Å². The molecule has 14 nitrogen and oxygen atoms in total. The van der Waals surface area contributed by atoms with E-state index in [1.165, 1.54) is 56.8 Å². The molecule has 14 heteroatoms. The first-order valence-corrected chi connectivity index (χ1v) is 21.6. The number of nitrogens with zero attached hydrogens (tertiary/aromatic N) is 4. The second-order valence-electron chi connectivity index (χ2n) is 14.2. The van der Waals surface area contributed by atoms with Gasteiger partial charge in [-0.15, -0.1) is 0 Å². The lowest BCUT2D eigenvalue weighted by atomic mass is 9.95. The molecule has 0 saturated heterocycles. The van der Waals surface area contributed by atoms with Gasteiger partial charge in [0.05, 0.1) is 25.4 Å². The number of esters is 2. The Kier molecular flexibility index (Phi) is 44.5. The number of unbranched alkanes of at least 4 members (excludes halogenated alkanes) is 3. The molecule has 59 heavy (non-hydrogen) atoms. The maximum absolute atomic E-state index is 12.1. The highest BCUT2D eigenvalue weighted by Crippen LogP contribution is 2.23. The second-order valence-corrected chi connectivity index (χ2v) is 14.2. The van der Waals surface area contributed by atoms with Crippen molar-refractivity contribution in [3.63, 3.8) is 0 Å². The van der Waals surface area contributed by atoms with Gasteiger partial charge in [-0.25, -0.2) is 0 Å². The summed E-state index contributed by atoms with van der Waals surface area (Å²) in [5.74, 6) is -0.0905. The lowest BCUT2D eigenvalue weighted by Gasteiger charge is -2.29. The van der Waals surface area contributed by atoms with Crippen LogP contribution in [0.15, 0.2) is 11.1 Å². The van der Waals surface area contributed by atoms with Crippen LogP contribution in [-0.2, 0) is 38.2 Å². The standard InChI is InChI=1S/C15H22N2O2.C11H20N2O.C8H19N.C6H10O3.C5H7NO2/c1-4-6-7-12(5-2)10-17-14(18)8-11(3)13(9-16)15(17)19;1-3-5-6-10(4-2)9-13-11(14)7-8-12;1-3-5-6-8(4-2)7-9;1-3-9-6(8)4-5(2)7;1-2-8-5(7)3-4-6/h12H,4-8,10H2,1-3H3;10H,3-7,9H2,1-2H3,(H,13,14);8H,3-7,9H2,1-2H3;3-4H2,1-2H3;2-3H2,1H3. The van der Waals surface area contributed by atoms with Gasteiger partial charge in [0.1, 0.15) is 36.7 Å². The van der Waals surface area contributed by atoms with Crippen LogP contribution in [0.5, 0.6) is 0 Å². The van der Waals surface area contributed by atoms with E-state index in [2.05, 4.69) is 56.3 Å². The van der Waals surface area contributed by atoms with Crippen LogP contribution >= 0.6 is 0 Å². The first-order valence-electron chi connectivity index (χ1n) is 21.6. The van der Waals surface area contributed by atoms with E-state index in [4.69, 9.17) is 21.5 Å². The molecule has 0 radical (unpaired) electrons. The fourth-order valence-corrected chi connectivity index (χ4v) is 5.35. The first-order chi connectivity index (χ1) is 28.1. The SMILES string of the molecule is CCCCC(CC)CN.CCCCC(CC)CN1C(=O)CC(C)=C(C#N)C1=O.CCCCC(CC)CNC(=O)CC#N.CCOC(=O)CC#N.CCOC(=O)CC(C)=O. The third-order valence-electron chi connectivity index (χ3n) is 9.17. The number of amides is 3. The van der Waals surface area contributed by atoms with Crippen molar-refractivity contribution < 1.29 is 38.2 Å². The molecule has 0 saturated carbocycles. The third kappa shape index (κ3) is 36.2. The number of nitriles is 3. The minimum Gasteiger partial charge on any atom is -0.466 e. The van der Waals surface area contributed by atoms with Gasteiger partial charge in [-0.1, -0.05) is 99.3 Å². The molecule has 1 heterocycles. The highest BCUT2D eigenvalue weighted by molar-refractivity contribution is 6.10. The largest absolute Gasteiger partial charge is 0.466 e. The van der Waals surface area contributed by atoms with Crippen LogP contribution in [0, 0.1) is 51.7 Å². The molecule has 3 atom stereocenters. The monoisotopic (exact) mass is 831 g/mol. The number of hydrogen-bond donors (Lipinski definition) is 2. The fourth-order valence-electron chi connectivity index (χ4n) is 5.35. The van der Waals surface area contributed by atoms with Crippen molar-refractivity contribution in [2.24, 2.45) is 23.5 Å². The number of nitrogens with two attached hydrogens (primary N) is 1. The molecule has 336 valence electrons. The summed E-state index contributed by atoms with van der Waals surface area (Å²) in [6.45, 7) is 22.1. The topological polar surface area (TPSA) is 234 Å². The molecule has 0 spiro atoms. The molecule has 3 amide bonds. The molecule has 0 aromatic heterocycles. The Labute approximate surface area is 356 Å². The Hall–Kier alpha value is -4.61. The molecule has 0 aromatic carbocycles. The average molecular weight is 831 g/mol. The van der Waals surface area contributed by atoms with Gasteiger partial charge in [-0.05, 0) is 76.8 Å². The summed E-state index contributed by atoms with van der Waals surface area (Å²) >= 11 is 0. The van der Waals surface area contributed by atoms with Crippen LogP contribution in [0.1, 0.15) is 172 Å². The second kappa shape index (κ2) is 43.0. The Morgan fingerprint density at radius 2 is 1.22 bits per heavy atom. The normalized spacial score (nSPS) is 12.9. The molecule has 0 fully saturated rings. The lowest BCUT2D eigenvalue weighted by molar-refractivity contribution is -0.146. The quantitative estimate of drug-likeness (QED) is 0.0564. The van der Waals surface area contributed by atoms with Crippen LogP contribution in [0.3, 0.4) is 0 Å². The molecule has 0 aliphatic carbocycles. The summed E-state index contributed by atoms with van der Waals surface area (Å²) in [4.78, 5) is 67.2. The van der Waals surface area contributed by atoms with E-state index >= 15 is 0 Å². The van der Waals surface area contributed by atoms with Gasteiger partial charge >= 0.3 is 11.9 Å². The zero-order valence-corrected chi connectivity index (χ0v) is 38.2. The van der Waals surface area contributed by atoms with Crippen LogP contribution in [0.2, 0.25) is 0 Å². The Bertz CT molecular complexity index is 1340. The number of carbonyl (C=O) groups excluding carboxylic acids is 6. The molecular formula is C45H78N6O8. The van der Waals surface area contributed by atoms with E-state index in [1.54, 1.807) is 26.8 Å². The summed E-state index contributed by atoms with van der Waals surface area (Å²) in [5.41, 5.74) is 6.26. The Balaban J connectivity index is -0.000000336. The van der Waals surface area contributed by atoms with Gasteiger partial charge in [-0.2, -0.15) is 15.8 Å². The molecule has 3 unspecified atom stereocenters. The van der Waals surface area contributed by atoms with E-state index < -0.39 is 17.8 Å². The van der Waals surface area contributed by atoms with Crippen LogP contribution in [0.4, 0.5) is 0 Å². The number of carbonyl (C=O) groups is 6. The van der Waals surface area contributed by atoms with Crippen LogP contribution < -0.4 is 11.1 Å². The number of hydrogen-bond acceptors (Lipinski definition) is 12. The average Bonchev–Trinajstić information content (AvgIpc) is 3.19. The molecule has 1 aliphatic heterocycles. The summed E-state index contributed by atoms with van der Waals surface area (Å²) in [6.07, 6.45) is 14.0. The van der Waals surface area contributed by atoms with Crippen LogP contribution in [0.25, 0.3) is 0 Å². The predicted molar refractivity (Wildman–Crippen MR) is 231 cm³/mol. The van der Waals surface area contributed by atoms with E-state index in [9.17, 15) is 28.8 Å². The molecule has 0 aromatic rings. The van der Waals surface area contributed by atoms with Gasteiger partial charge in [-0.3, -0.25) is 33.7 Å². The zero-order chi connectivity index (χ0) is 46.0. The lowest BCUT2D eigenvalue weighted by Crippen LogP contribution is -2.43. The Morgan fingerprint density at radius 1 is 0.746 bits per heavy atom. The van der Waals surface area contributed by atoms with Crippen molar-refractivity contribution >= 4 is 35.4 Å². The molecule has 3 N–H and O–H groups in total. The fraction of sp³-hybridized carbons (Fsp3) is 0.756. The van der Waals surface area contributed by atoms with E-state index in [1.807, 2.05) is 12.1 Å². The highest BCUT2D eigenvalue weighted by Gasteiger charge is 2.32. The van der Waals surface area contributed by atoms with Gasteiger partial charge in [0.2, 0.25) is 11.8 Å². The molecule has 0 bridgehead atoms. The minimum absolute atomic E-state index is 0.0236. The number of Topliss-reactive ketones (excluding diaryl/α,β-unsaturated/α-hetero) is 1. The molecule has 1 rings (SSSR count). The zero-order valence-electron chi connectivity index (χ0n) is 38.2. The minimum atomic E-state index is -0.449. The van der Waals surface area contributed by atoms with Crippen molar-refractivity contribution in [2.75, 3.05) is 32.8 Å². The van der Waals surface area contributed by atoms with Crippen molar-refractivity contribution in [1.29, 1.82) is 15.8 Å². The number of ketones is 1. The van der Waals surface area contributed by atoms with E-state index in [0.717, 1.165) is 51.1 Å². The molecular weight excluding hydrogens is 753 g/mol. The third-order valence-corrected chi connectivity index (χ3v) is 9.17. The highest BCUT2D eigenvalue weighted by atomic mass is 16.5. The number of rotatable bonds is 23. The van der Waals surface area contributed by atoms with Gasteiger partial charge in [0.25, 0.3) is 5.91 Å². The van der Waals surface area contributed by atoms with Crippen molar-refractivity contribution in [3.05, 3.63) is 11.1 Å². The van der Waals surface area contributed by atoms with Crippen molar-refractivity contribution in [2.45, 2.75) is 172 Å². The summed E-state index contributed by atoms with van der Waals surface area (Å²) < 4.78 is 8.91. The Morgan fingerprint density at radius 3 is 1.63 bits per heavy atom. The smallest absolute Gasteiger partial charge is 0.320 e. The summed E-state index contributed by atoms with van der Waals surface area (Å²) in [6, 6.07) is 5.44. The number of nitrogens with one attached hydrogen (secondary N) is 1. The maximum Gasteiger partial charge on any atom is 0.320 e. The van der Waals surface area contributed by atoms with E-state index in [-0.39, 0.29) is 48.9 Å². The summed E-state index contributed by atoms with van der Waals surface area (Å²) in [7, 11) is 0. The van der Waals surface area contributed by atoms with Gasteiger partial charge in [0, 0.05) is 19.5 Å². The summed E-state index contributed by atoms with van der Waals surface area (Å²) in [5, 5.41) is 28.0. The number of ether oxygens (including phenoxy) is 2.